The van der Waals surface area contributed by atoms with Crippen molar-refractivity contribution in [3.8, 4) is 0 Å². The maximum absolute atomic E-state index is 10.6. The molecule has 0 fully saturated rings. The normalized spacial score (nSPS) is 17.7. The Balaban J connectivity index is 1.82. The van der Waals surface area contributed by atoms with Gasteiger partial charge in [-0.25, -0.2) is 0 Å². The molecule has 1 heterocycles. The highest BCUT2D eigenvalue weighted by Crippen LogP contribution is 2.35. The number of aromatic nitrogens is 2. The van der Waals surface area contributed by atoms with E-state index >= 15 is 0 Å². The molecule has 1 aromatic carbocycles. The van der Waals surface area contributed by atoms with Gasteiger partial charge in [0.15, 0.2) is 0 Å². The molecule has 1 unspecified atom stereocenters. The Morgan fingerprint density at radius 3 is 3.05 bits per heavy atom. The molecule has 0 radical (unpaired) electrons. The summed E-state index contributed by atoms with van der Waals surface area (Å²) < 4.78 is 5.64. The Bertz CT molecular complexity index is 621. The summed E-state index contributed by atoms with van der Waals surface area (Å²) in [6, 6.07) is 8.33. The zero-order valence-corrected chi connectivity index (χ0v) is 11.1. The van der Waals surface area contributed by atoms with Gasteiger partial charge in [-0.2, -0.15) is 0 Å². The van der Waals surface area contributed by atoms with E-state index in [1.165, 1.54) is 11.1 Å². The van der Waals surface area contributed by atoms with Gasteiger partial charge in [0, 0.05) is 6.42 Å². The highest BCUT2D eigenvalue weighted by atomic mass is 16.4. The summed E-state index contributed by atoms with van der Waals surface area (Å²) in [5, 5.41) is 16.7. The number of fused-ring (bicyclic) bond motifs is 1. The van der Waals surface area contributed by atoms with Crippen LogP contribution in [0.2, 0.25) is 0 Å². The van der Waals surface area contributed by atoms with E-state index in [1.807, 2.05) is 12.1 Å². The third kappa shape index (κ3) is 2.57. The number of hydrogen-bond acceptors (Lipinski definition) is 4. The van der Waals surface area contributed by atoms with Crippen LogP contribution < -0.4 is 0 Å². The van der Waals surface area contributed by atoms with Gasteiger partial charge >= 0.3 is 5.97 Å². The summed E-state index contributed by atoms with van der Waals surface area (Å²) in [5.74, 6) is 0.307. The first-order chi connectivity index (χ1) is 9.74. The summed E-state index contributed by atoms with van der Waals surface area (Å²) >= 11 is 0. The predicted octanol–water partition coefficient (Wildman–Crippen LogP) is 2.56. The van der Waals surface area contributed by atoms with Crippen LogP contribution in [-0.2, 0) is 17.6 Å². The van der Waals surface area contributed by atoms with E-state index in [2.05, 4.69) is 22.3 Å². The van der Waals surface area contributed by atoms with E-state index in [4.69, 9.17) is 9.52 Å². The predicted molar refractivity (Wildman–Crippen MR) is 71.5 cm³/mol. The summed E-state index contributed by atoms with van der Waals surface area (Å²) in [7, 11) is 0. The fourth-order valence-electron chi connectivity index (χ4n) is 2.73. The summed E-state index contributed by atoms with van der Waals surface area (Å²) in [6.45, 7) is 0. The van der Waals surface area contributed by atoms with Crippen molar-refractivity contribution < 1.29 is 14.3 Å². The van der Waals surface area contributed by atoms with Gasteiger partial charge in [0.2, 0.25) is 11.8 Å². The second kappa shape index (κ2) is 5.45. The van der Waals surface area contributed by atoms with Crippen LogP contribution in [0.15, 0.2) is 28.7 Å². The van der Waals surface area contributed by atoms with Crippen molar-refractivity contribution >= 4 is 5.97 Å². The van der Waals surface area contributed by atoms with Crippen LogP contribution >= 0.6 is 0 Å². The molecule has 0 saturated heterocycles. The van der Waals surface area contributed by atoms with Gasteiger partial charge in [-0.15, -0.1) is 10.2 Å². The van der Waals surface area contributed by atoms with Crippen LogP contribution in [0.3, 0.4) is 0 Å². The maximum atomic E-state index is 10.6. The minimum atomic E-state index is -0.854. The molecule has 1 aliphatic rings. The lowest BCUT2D eigenvalue weighted by atomic mass is 9.83. The van der Waals surface area contributed by atoms with Crippen molar-refractivity contribution in [2.45, 2.75) is 38.0 Å². The maximum Gasteiger partial charge on any atom is 0.303 e. The number of hydrogen-bond donors (Lipinski definition) is 1. The second-order valence-corrected chi connectivity index (χ2v) is 5.07. The van der Waals surface area contributed by atoms with E-state index in [0.717, 1.165) is 19.3 Å². The molecule has 3 rings (SSSR count). The first-order valence-corrected chi connectivity index (χ1v) is 6.86. The van der Waals surface area contributed by atoms with Gasteiger partial charge in [0.05, 0.1) is 12.3 Å². The average Bonchev–Trinajstić information content (AvgIpc) is 2.93. The van der Waals surface area contributed by atoms with Crippen LogP contribution in [0.25, 0.3) is 0 Å². The van der Waals surface area contributed by atoms with E-state index in [0.29, 0.717) is 11.8 Å². The van der Waals surface area contributed by atoms with E-state index in [9.17, 15) is 4.79 Å². The van der Waals surface area contributed by atoms with Gasteiger partial charge in [-0.1, -0.05) is 24.3 Å². The Morgan fingerprint density at radius 2 is 2.20 bits per heavy atom. The minimum Gasteiger partial charge on any atom is -0.481 e. The molecule has 20 heavy (non-hydrogen) atoms. The molecule has 5 nitrogen and oxygen atoms in total. The molecule has 104 valence electrons. The van der Waals surface area contributed by atoms with Crippen LogP contribution in [-0.4, -0.2) is 21.3 Å². The number of aryl methyl sites for hydroxylation is 2. The largest absolute Gasteiger partial charge is 0.481 e. The summed E-state index contributed by atoms with van der Waals surface area (Å²) in [4.78, 5) is 10.6. The topological polar surface area (TPSA) is 76.2 Å². The smallest absolute Gasteiger partial charge is 0.303 e. The van der Waals surface area contributed by atoms with Crippen LogP contribution in [0.1, 0.15) is 48.1 Å². The number of carbonyl (C=O) groups is 1. The van der Waals surface area contributed by atoms with Gasteiger partial charge < -0.3 is 9.52 Å². The lowest BCUT2D eigenvalue weighted by Crippen LogP contribution is -2.11. The molecular weight excluding hydrogens is 256 g/mol. The number of aliphatic carboxylic acids is 1. The number of nitrogens with zero attached hydrogens (tertiary/aromatic N) is 2. The standard InChI is InChI=1S/C15H16N2O3/c18-14(19)9-8-13-16-17-15(20-13)12-7-3-5-10-4-1-2-6-11(10)12/h1-2,4,6,12H,3,5,7-9H2,(H,18,19). The molecule has 0 saturated carbocycles. The molecule has 0 spiro atoms. The fourth-order valence-corrected chi connectivity index (χ4v) is 2.73. The van der Waals surface area contributed by atoms with Crippen molar-refractivity contribution in [1.29, 1.82) is 0 Å². The number of carboxylic acids is 1. The monoisotopic (exact) mass is 272 g/mol. The lowest BCUT2D eigenvalue weighted by molar-refractivity contribution is -0.137. The molecule has 1 N–H and O–H groups in total. The van der Waals surface area contributed by atoms with Gasteiger partial charge in [0.1, 0.15) is 0 Å². The molecular formula is C15H16N2O3. The molecule has 2 aromatic rings. The van der Waals surface area contributed by atoms with Gasteiger partial charge in [0.25, 0.3) is 0 Å². The first kappa shape index (κ1) is 12.8. The first-order valence-electron chi connectivity index (χ1n) is 6.86. The molecule has 0 amide bonds. The van der Waals surface area contributed by atoms with Crippen LogP contribution in [0.4, 0.5) is 0 Å². The highest BCUT2D eigenvalue weighted by molar-refractivity contribution is 5.66. The molecule has 1 atom stereocenters. The van der Waals surface area contributed by atoms with Gasteiger partial charge in [-0.3, -0.25) is 4.79 Å². The number of carboxylic acid groups (broad SMARTS) is 1. The Morgan fingerprint density at radius 1 is 1.35 bits per heavy atom. The Kier molecular flexibility index (Phi) is 3.50. The summed E-state index contributed by atoms with van der Waals surface area (Å²) in [6.07, 6.45) is 3.50. The lowest BCUT2D eigenvalue weighted by Gasteiger charge is -2.22. The van der Waals surface area contributed by atoms with Crippen molar-refractivity contribution in [3.63, 3.8) is 0 Å². The Hall–Kier alpha value is -2.17. The number of rotatable bonds is 4. The molecule has 0 aliphatic heterocycles. The van der Waals surface area contributed by atoms with E-state index in [1.54, 1.807) is 0 Å². The van der Waals surface area contributed by atoms with Crippen molar-refractivity contribution in [2.75, 3.05) is 0 Å². The highest BCUT2D eigenvalue weighted by Gasteiger charge is 2.26. The van der Waals surface area contributed by atoms with Crippen LogP contribution in [0.5, 0.6) is 0 Å². The SMILES string of the molecule is O=C(O)CCc1nnc(C2CCCc3ccccc32)o1. The third-order valence-electron chi connectivity index (χ3n) is 3.70. The molecule has 1 aromatic heterocycles. The van der Waals surface area contributed by atoms with Crippen LogP contribution in [0, 0.1) is 0 Å². The Labute approximate surface area is 116 Å². The van der Waals surface area contributed by atoms with Crippen molar-refractivity contribution in [3.05, 3.63) is 47.2 Å². The number of benzene rings is 1. The molecule has 0 bridgehead atoms. The summed E-state index contributed by atoms with van der Waals surface area (Å²) in [5.41, 5.74) is 2.60. The quantitative estimate of drug-likeness (QED) is 0.925. The fraction of sp³-hybridized carbons (Fsp3) is 0.400. The third-order valence-corrected chi connectivity index (χ3v) is 3.70. The zero-order valence-electron chi connectivity index (χ0n) is 11.1. The zero-order chi connectivity index (χ0) is 13.9. The molecule has 1 aliphatic carbocycles. The minimum absolute atomic E-state index is 0.0168. The average molecular weight is 272 g/mol. The van der Waals surface area contributed by atoms with E-state index < -0.39 is 5.97 Å². The van der Waals surface area contributed by atoms with Crippen molar-refractivity contribution in [2.24, 2.45) is 0 Å². The molecule has 5 heteroatoms. The van der Waals surface area contributed by atoms with E-state index in [-0.39, 0.29) is 18.8 Å². The van der Waals surface area contributed by atoms with Crippen molar-refractivity contribution in [1.82, 2.24) is 10.2 Å². The van der Waals surface area contributed by atoms with Gasteiger partial charge in [-0.05, 0) is 30.4 Å². The second-order valence-electron chi connectivity index (χ2n) is 5.07.